The molecule has 0 saturated heterocycles. The van der Waals surface area contributed by atoms with E-state index in [0.29, 0.717) is 35.2 Å². The number of carbonyl (C=O) groups is 1. The molecule has 4 rings (SSSR count). The number of rotatable bonds is 6. The van der Waals surface area contributed by atoms with Crippen molar-refractivity contribution in [2.45, 2.75) is 27.3 Å². The lowest BCUT2D eigenvalue weighted by Gasteiger charge is -2.17. The lowest BCUT2D eigenvalue weighted by Crippen LogP contribution is -2.25. The predicted molar refractivity (Wildman–Crippen MR) is 136 cm³/mol. The molecule has 0 saturated carbocycles. The van der Waals surface area contributed by atoms with Crippen LogP contribution in [0.5, 0.6) is 5.75 Å². The molecule has 0 spiro atoms. The van der Waals surface area contributed by atoms with E-state index in [2.05, 4.69) is 16.5 Å². The number of hydrogen-bond acceptors (Lipinski definition) is 5. The molecule has 0 aliphatic carbocycles. The van der Waals surface area contributed by atoms with Gasteiger partial charge in [-0.05, 0) is 36.8 Å². The largest absolute Gasteiger partial charge is 0.505 e. The maximum Gasteiger partial charge on any atom is 0.214 e. The summed E-state index contributed by atoms with van der Waals surface area (Å²) >= 11 is 0. The molecule has 0 bridgehead atoms. The van der Waals surface area contributed by atoms with Crippen molar-refractivity contribution in [2.75, 3.05) is 17.2 Å². The van der Waals surface area contributed by atoms with E-state index in [9.17, 15) is 14.3 Å². The maximum atomic E-state index is 13.5. The quantitative estimate of drug-likeness (QED) is 0.294. The molecule has 0 atom stereocenters. The zero-order chi connectivity index (χ0) is 25.1. The summed E-state index contributed by atoms with van der Waals surface area (Å²) in [4.78, 5) is 21.5. The first-order chi connectivity index (χ1) is 16.5. The van der Waals surface area contributed by atoms with Crippen LogP contribution in [0.4, 0.5) is 15.9 Å². The third-order valence-corrected chi connectivity index (χ3v) is 4.74. The Kier molecular flexibility index (Phi) is 9.76. The van der Waals surface area contributed by atoms with Gasteiger partial charge in [-0.2, -0.15) is 0 Å². The Hall–Kier alpha value is -4.20. The number of fused-ring (bicyclic) bond motifs is 1. The maximum absolute atomic E-state index is 13.5. The Morgan fingerprint density at radius 3 is 2.47 bits per heavy atom. The standard InChI is InChI=1S/C21H18FN5O2.C3H6.C2H6/c22-17-7-6-14(10-18(17)29)16-11-26(21-19(16)20(23)24-12-25-21)8-9-27(13-28)15-4-2-1-3-5-15;1-3-2;1-2/h1-7,10-13,29H,8-9H2,(H2,23,24,25);3H,1H2,2H3;1-2H3. The number of aromatic nitrogens is 3. The predicted octanol–water partition coefficient (Wildman–Crippen LogP) is 5.41. The second-order valence-corrected chi connectivity index (χ2v) is 6.90. The van der Waals surface area contributed by atoms with E-state index in [-0.39, 0.29) is 5.82 Å². The van der Waals surface area contributed by atoms with Crippen LogP contribution >= 0.6 is 0 Å². The van der Waals surface area contributed by atoms with Crippen molar-refractivity contribution >= 4 is 28.9 Å². The summed E-state index contributed by atoms with van der Waals surface area (Å²) in [6.45, 7) is 10.1. The summed E-state index contributed by atoms with van der Waals surface area (Å²) < 4.78 is 15.3. The molecule has 0 fully saturated rings. The minimum Gasteiger partial charge on any atom is -0.505 e. The highest BCUT2D eigenvalue weighted by Crippen LogP contribution is 2.34. The number of benzene rings is 2. The van der Waals surface area contributed by atoms with Gasteiger partial charge in [0.05, 0.1) is 5.39 Å². The molecule has 3 N–H and O–H groups in total. The monoisotopic (exact) mass is 463 g/mol. The van der Waals surface area contributed by atoms with Gasteiger partial charge in [0, 0.05) is 30.5 Å². The summed E-state index contributed by atoms with van der Waals surface area (Å²) in [7, 11) is 0. The zero-order valence-electron chi connectivity index (χ0n) is 19.6. The van der Waals surface area contributed by atoms with E-state index in [1.807, 2.05) is 61.9 Å². The van der Waals surface area contributed by atoms with Gasteiger partial charge in [-0.3, -0.25) is 4.79 Å². The number of allylic oxidation sites excluding steroid dienone is 1. The molecule has 178 valence electrons. The third-order valence-electron chi connectivity index (χ3n) is 4.74. The Balaban J connectivity index is 0.000000758. The van der Waals surface area contributed by atoms with Crippen LogP contribution in [0.2, 0.25) is 0 Å². The normalized spacial score (nSPS) is 9.88. The first kappa shape index (κ1) is 26.1. The van der Waals surface area contributed by atoms with Gasteiger partial charge in [0.25, 0.3) is 0 Å². The fraction of sp³-hybridized carbons (Fsp3) is 0.192. The summed E-state index contributed by atoms with van der Waals surface area (Å²) in [5, 5.41) is 10.4. The molecule has 1 amide bonds. The molecule has 34 heavy (non-hydrogen) atoms. The number of amides is 1. The molecule has 2 aromatic carbocycles. The molecular formula is C26H30FN5O2. The highest BCUT2D eigenvalue weighted by molar-refractivity contribution is 6.00. The first-order valence-electron chi connectivity index (χ1n) is 10.9. The average molecular weight is 464 g/mol. The van der Waals surface area contributed by atoms with Crippen molar-refractivity contribution in [3.05, 3.63) is 79.5 Å². The summed E-state index contributed by atoms with van der Waals surface area (Å²) in [6, 6.07) is 13.4. The molecule has 0 aliphatic rings. The lowest BCUT2D eigenvalue weighted by atomic mass is 10.1. The third kappa shape index (κ3) is 5.98. The molecule has 4 aromatic rings. The fourth-order valence-electron chi connectivity index (χ4n) is 3.29. The number of carbonyl (C=O) groups excluding carboxylic acids is 1. The van der Waals surface area contributed by atoms with E-state index in [1.165, 1.54) is 18.5 Å². The van der Waals surface area contributed by atoms with Crippen LogP contribution in [0.15, 0.2) is 73.7 Å². The van der Waals surface area contributed by atoms with Crippen LogP contribution in [0, 0.1) is 5.82 Å². The van der Waals surface area contributed by atoms with Gasteiger partial charge in [-0.25, -0.2) is 14.4 Å². The van der Waals surface area contributed by atoms with Gasteiger partial charge in [-0.15, -0.1) is 6.58 Å². The van der Waals surface area contributed by atoms with Crippen molar-refractivity contribution in [3.63, 3.8) is 0 Å². The molecule has 0 radical (unpaired) electrons. The number of phenols is 1. The van der Waals surface area contributed by atoms with Gasteiger partial charge < -0.3 is 20.3 Å². The molecule has 2 aromatic heterocycles. The van der Waals surface area contributed by atoms with E-state index < -0.39 is 11.6 Å². The van der Waals surface area contributed by atoms with Crippen LogP contribution in [-0.2, 0) is 11.3 Å². The second kappa shape index (κ2) is 12.7. The minimum atomic E-state index is -0.703. The van der Waals surface area contributed by atoms with Gasteiger partial charge in [-0.1, -0.05) is 44.2 Å². The Labute approximate surface area is 199 Å². The van der Waals surface area contributed by atoms with Crippen molar-refractivity contribution < 1.29 is 14.3 Å². The molecule has 2 heterocycles. The van der Waals surface area contributed by atoms with E-state index in [0.717, 1.165) is 12.1 Å². The molecule has 0 unspecified atom stereocenters. The minimum absolute atomic E-state index is 0.280. The number of phenolic OH excluding ortho intramolecular Hbond substituents is 1. The van der Waals surface area contributed by atoms with E-state index >= 15 is 0 Å². The van der Waals surface area contributed by atoms with Gasteiger partial charge in [0.2, 0.25) is 6.41 Å². The Morgan fingerprint density at radius 2 is 1.85 bits per heavy atom. The smallest absolute Gasteiger partial charge is 0.214 e. The lowest BCUT2D eigenvalue weighted by molar-refractivity contribution is -0.107. The molecular weight excluding hydrogens is 433 g/mol. The van der Waals surface area contributed by atoms with Crippen LogP contribution < -0.4 is 10.6 Å². The summed E-state index contributed by atoms with van der Waals surface area (Å²) in [5.41, 5.74) is 8.72. The van der Waals surface area contributed by atoms with Gasteiger partial charge in [0.15, 0.2) is 11.6 Å². The number of nitrogens with two attached hydrogens (primary N) is 1. The average Bonchev–Trinajstić information content (AvgIpc) is 3.24. The van der Waals surface area contributed by atoms with Crippen molar-refractivity contribution in [1.29, 1.82) is 0 Å². The van der Waals surface area contributed by atoms with Crippen molar-refractivity contribution in [1.82, 2.24) is 14.5 Å². The molecule has 0 aliphatic heterocycles. The molecule has 8 heteroatoms. The summed E-state index contributed by atoms with van der Waals surface area (Å²) in [6.07, 6.45) is 5.72. The topological polar surface area (TPSA) is 97.3 Å². The molecule has 7 nitrogen and oxygen atoms in total. The number of halogens is 1. The number of aromatic hydroxyl groups is 1. The van der Waals surface area contributed by atoms with Crippen molar-refractivity contribution in [3.8, 4) is 16.9 Å². The van der Waals surface area contributed by atoms with Crippen LogP contribution in [0.1, 0.15) is 20.8 Å². The highest BCUT2D eigenvalue weighted by Gasteiger charge is 2.17. The number of anilines is 2. The number of para-hydroxylation sites is 1. The van der Waals surface area contributed by atoms with Gasteiger partial charge >= 0.3 is 0 Å². The number of nitrogens with zero attached hydrogens (tertiary/aromatic N) is 4. The summed E-state index contributed by atoms with van der Waals surface area (Å²) in [5.74, 6) is -0.871. The number of nitrogen functional groups attached to an aromatic ring is 1. The van der Waals surface area contributed by atoms with Crippen LogP contribution in [0.25, 0.3) is 22.2 Å². The van der Waals surface area contributed by atoms with E-state index in [4.69, 9.17) is 5.73 Å². The van der Waals surface area contributed by atoms with Crippen LogP contribution in [0.3, 0.4) is 0 Å². The van der Waals surface area contributed by atoms with Gasteiger partial charge in [0.1, 0.15) is 17.8 Å². The Morgan fingerprint density at radius 1 is 1.18 bits per heavy atom. The fourth-order valence-corrected chi connectivity index (χ4v) is 3.29. The van der Waals surface area contributed by atoms with Crippen LogP contribution in [-0.4, -0.2) is 32.6 Å². The van der Waals surface area contributed by atoms with E-state index in [1.54, 1.807) is 17.0 Å². The first-order valence-corrected chi connectivity index (χ1v) is 10.9. The SMILES string of the molecule is C=CC.CC.Nc1ncnc2c1c(-c1ccc(F)c(O)c1)cn2CCN(C=O)c1ccccc1. The Bertz CT molecular complexity index is 1220. The van der Waals surface area contributed by atoms with Crippen molar-refractivity contribution in [2.24, 2.45) is 0 Å². The second-order valence-electron chi connectivity index (χ2n) is 6.90. The highest BCUT2D eigenvalue weighted by atomic mass is 19.1. The zero-order valence-corrected chi connectivity index (χ0v) is 19.6. The number of hydrogen-bond donors (Lipinski definition) is 2.